The first-order valence-electron chi connectivity index (χ1n) is 5.15. The number of nitrogens with one attached hydrogen (secondary N) is 1. The molecule has 1 aromatic rings. The number of carboxylic acids is 1. The van der Waals surface area contributed by atoms with Crippen LogP contribution in [0, 0.1) is 5.92 Å². The molecule has 6 heteroatoms. The second-order valence-electron chi connectivity index (χ2n) is 3.87. The molecular formula is C10H12ClN3O2. The molecule has 0 aliphatic heterocycles. The Bertz CT molecular complexity index is 382. The normalized spacial score (nSPS) is 24.3. The summed E-state index contributed by atoms with van der Waals surface area (Å²) in [4.78, 5) is 11.0. The Morgan fingerprint density at radius 1 is 1.44 bits per heavy atom. The van der Waals surface area contributed by atoms with Crippen molar-refractivity contribution < 1.29 is 9.90 Å². The molecule has 1 aliphatic rings. The van der Waals surface area contributed by atoms with Crippen LogP contribution in [0.3, 0.4) is 0 Å². The minimum absolute atomic E-state index is 0.0621. The van der Waals surface area contributed by atoms with Gasteiger partial charge in [-0.3, -0.25) is 4.79 Å². The number of aliphatic carboxylic acids is 1. The molecule has 1 aromatic heterocycles. The summed E-state index contributed by atoms with van der Waals surface area (Å²) in [5.41, 5.74) is 0. The first-order chi connectivity index (χ1) is 7.66. The van der Waals surface area contributed by atoms with E-state index in [1.807, 2.05) is 0 Å². The minimum Gasteiger partial charge on any atom is -0.481 e. The van der Waals surface area contributed by atoms with Gasteiger partial charge in [0, 0.05) is 6.04 Å². The quantitative estimate of drug-likeness (QED) is 0.844. The van der Waals surface area contributed by atoms with Crippen molar-refractivity contribution in [3.05, 3.63) is 17.3 Å². The van der Waals surface area contributed by atoms with Crippen LogP contribution in [-0.4, -0.2) is 27.3 Å². The number of hydrogen-bond acceptors (Lipinski definition) is 4. The van der Waals surface area contributed by atoms with Gasteiger partial charge in [-0.2, -0.15) is 0 Å². The number of nitrogens with zero attached hydrogens (tertiary/aromatic N) is 2. The number of rotatable bonds is 3. The molecule has 0 amide bonds. The van der Waals surface area contributed by atoms with Gasteiger partial charge in [-0.05, 0) is 25.0 Å². The summed E-state index contributed by atoms with van der Waals surface area (Å²) in [6.07, 6.45) is 2.49. The molecule has 0 bridgehead atoms. The summed E-state index contributed by atoms with van der Waals surface area (Å²) in [5, 5.41) is 20.0. The van der Waals surface area contributed by atoms with E-state index in [2.05, 4.69) is 15.5 Å². The molecule has 1 aliphatic carbocycles. The molecule has 0 saturated heterocycles. The molecule has 2 atom stereocenters. The smallest absolute Gasteiger partial charge is 0.308 e. The van der Waals surface area contributed by atoms with Crippen molar-refractivity contribution >= 4 is 23.4 Å². The Labute approximate surface area is 97.8 Å². The van der Waals surface area contributed by atoms with Crippen molar-refractivity contribution in [1.82, 2.24) is 10.2 Å². The zero-order valence-electron chi connectivity index (χ0n) is 8.56. The van der Waals surface area contributed by atoms with Gasteiger partial charge in [-0.1, -0.05) is 18.0 Å². The fourth-order valence-electron chi connectivity index (χ4n) is 2.01. The van der Waals surface area contributed by atoms with Crippen molar-refractivity contribution in [2.45, 2.75) is 25.3 Å². The Kier molecular flexibility index (Phi) is 3.24. The molecule has 86 valence electrons. The van der Waals surface area contributed by atoms with E-state index in [4.69, 9.17) is 16.7 Å². The molecule has 2 unspecified atom stereocenters. The molecular weight excluding hydrogens is 230 g/mol. The lowest BCUT2D eigenvalue weighted by molar-refractivity contribution is -0.141. The highest BCUT2D eigenvalue weighted by molar-refractivity contribution is 6.29. The largest absolute Gasteiger partial charge is 0.481 e. The summed E-state index contributed by atoms with van der Waals surface area (Å²) in [5.74, 6) is -0.517. The molecule has 0 spiro atoms. The number of anilines is 1. The summed E-state index contributed by atoms with van der Waals surface area (Å²) in [6.45, 7) is 0. The van der Waals surface area contributed by atoms with Gasteiger partial charge in [-0.15, -0.1) is 10.2 Å². The van der Waals surface area contributed by atoms with E-state index >= 15 is 0 Å². The molecule has 1 fully saturated rings. The van der Waals surface area contributed by atoms with Gasteiger partial charge in [0.1, 0.15) is 5.82 Å². The van der Waals surface area contributed by atoms with Crippen LogP contribution in [0.15, 0.2) is 12.1 Å². The molecule has 5 nitrogen and oxygen atoms in total. The number of carbonyl (C=O) groups is 1. The average molecular weight is 242 g/mol. The van der Waals surface area contributed by atoms with Gasteiger partial charge in [0.05, 0.1) is 5.92 Å². The molecule has 0 aromatic carbocycles. The summed E-state index contributed by atoms with van der Waals surface area (Å²) in [6, 6.07) is 3.27. The van der Waals surface area contributed by atoms with Crippen molar-refractivity contribution in [2.24, 2.45) is 5.92 Å². The molecule has 2 rings (SSSR count). The Hall–Kier alpha value is -1.36. The second-order valence-corrected chi connectivity index (χ2v) is 4.26. The van der Waals surface area contributed by atoms with Crippen LogP contribution in [0.2, 0.25) is 5.15 Å². The highest BCUT2D eigenvalue weighted by Crippen LogP contribution is 2.28. The van der Waals surface area contributed by atoms with Crippen molar-refractivity contribution in [2.75, 3.05) is 5.32 Å². The van der Waals surface area contributed by atoms with Gasteiger partial charge in [0.25, 0.3) is 0 Å². The van der Waals surface area contributed by atoms with E-state index in [1.165, 1.54) is 0 Å². The topological polar surface area (TPSA) is 75.1 Å². The minimum atomic E-state index is -0.753. The third kappa shape index (κ3) is 2.41. The third-order valence-electron chi connectivity index (χ3n) is 2.80. The first-order valence-corrected chi connectivity index (χ1v) is 5.53. The van der Waals surface area contributed by atoms with Crippen molar-refractivity contribution in [1.29, 1.82) is 0 Å². The monoisotopic (exact) mass is 241 g/mol. The van der Waals surface area contributed by atoms with E-state index in [0.717, 1.165) is 12.8 Å². The Morgan fingerprint density at radius 2 is 2.25 bits per heavy atom. The maximum atomic E-state index is 11.0. The van der Waals surface area contributed by atoms with Crippen LogP contribution in [0.4, 0.5) is 5.82 Å². The zero-order chi connectivity index (χ0) is 11.5. The van der Waals surface area contributed by atoms with E-state index in [9.17, 15) is 4.79 Å². The van der Waals surface area contributed by atoms with Gasteiger partial charge in [-0.25, -0.2) is 0 Å². The molecule has 0 radical (unpaired) electrons. The number of hydrogen-bond donors (Lipinski definition) is 2. The van der Waals surface area contributed by atoms with E-state index < -0.39 is 5.97 Å². The highest BCUT2D eigenvalue weighted by Gasteiger charge is 2.32. The van der Waals surface area contributed by atoms with Crippen LogP contribution in [-0.2, 0) is 4.79 Å². The first kappa shape index (κ1) is 11.1. The van der Waals surface area contributed by atoms with Crippen LogP contribution in [0.25, 0.3) is 0 Å². The number of carboxylic acid groups (broad SMARTS) is 1. The van der Waals surface area contributed by atoms with Gasteiger partial charge >= 0.3 is 5.97 Å². The molecule has 1 saturated carbocycles. The van der Waals surface area contributed by atoms with Crippen LogP contribution in [0.5, 0.6) is 0 Å². The van der Waals surface area contributed by atoms with Gasteiger partial charge in [0.15, 0.2) is 5.15 Å². The number of halogens is 1. The summed E-state index contributed by atoms with van der Waals surface area (Å²) in [7, 11) is 0. The zero-order valence-corrected chi connectivity index (χ0v) is 9.31. The summed E-state index contributed by atoms with van der Waals surface area (Å²) < 4.78 is 0. The van der Waals surface area contributed by atoms with Gasteiger partial charge < -0.3 is 10.4 Å². The second kappa shape index (κ2) is 4.65. The predicted octanol–water partition coefficient (Wildman–Crippen LogP) is 1.80. The maximum Gasteiger partial charge on any atom is 0.308 e. The molecule has 2 N–H and O–H groups in total. The standard InChI is InChI=1S/C10H12ClN3O2/c11-8-4-5-9(14-13-8)12-7-3-1-2-6(7)10(15)16/h4-7H,1-3H2,(H,12,14)(H,15,16). The molecule has 16 heavy (non-hydrogen) atoms. The maximum absolute atomic E-state index is 11.0. The van der Waals surface area contributed by atoms with Crippen LogP contribution in [0.1, 0.15) is 19.3 Å². The van der Waals surface area contributed by atoms with Gasteiger partial charge in [0.2, 0.25) is 0 Å². The molecule has 1 heterocycles. The summed E-state index contributed by atoms with van der Waals surface area (Å²) >= 11 is 5.61. The van der Waals surface area contributed by atoms with Crippen molar-refractivity contribution in [3.63, 3.8) is 0 Å². The predicted molar refractivity (Wildman–Crippen MR) is 59.4 cm³/mol. The lowest BCUT2D eigenvalue weighted by atomic mass is 10.0. The lowest BCUT2D eigenvalue weighted by Gasteiger charge is -2.17. The lowest BCUT2D eigenvalue weighted by Crippen LogP contribution is -2.30. The SMILES string of the molecule is O=C(O)C1CCCC1Nc1ccc(Cl)nn1. The number of aromatic nitrogens is 2. The Morgan fingerprint density at radius 3 is 2.88 bits per heavy atom. The van der Waals surface area contributed by atoms with E-state index in [1.54, 1.807) is 12.1 Å². The fourth-order valence-corrected chi connectivity index (χ4v) is 2.11. The fraction of sp³-hybridized carbons (Fsp3) is 0.500. The highest BCUT2D eigenvalue weighted by atomic mass is 35.5. The van der Waals surface area contributed by atoms with Crippen LogP contribution >= 0.6 is 11.6 Å². The average Bonchev–Trinajstić information content (AvgIpc) is 2.69. The van der Waals surface area contributed by atoms with Crippen LogP contribution < -0.4 is 5.32 Å². The van der Waals surface area contributed by atoms with Crippen molar-refractivity contribution in [3.8, 4) is 0 Å². The van der Waals surface area contributed by atoms with E-state index in [0.29, 0.717) is 17.4 Å². The Balaban J connectivity index is 2.03. The third-order valence-corrected chi connectivity index (χ3v) is 3.00. The van der Waals surface area contributed by atoms with E-state index in [-0.39, 0.29) is 12.0 Å².